The molecule has 3 rings (SSSR count). The summed E-state index contributed by atoms with van der Waals surface area (Å²) in [5.74, 6) is 0.304. The Balaban J connectivity index is 1.83. The predicted molar refractivity (Wildman–Crippen MR) is 130 cm³/mol. The van der Waals surface area contributed by atoms with Gasteiger partial charge in [-0.05, 0) is 57.0 Å². The van der Waals surface area contributed by atoms with Crippen LogP contribution in [0.1, 0.15) is 57.0 Å². The average Bonchev–Trinajstić information content (AvgIpc) is 3.41. The molecule has 1 atom stereocenters. The van der Waals surface area contributed by atoms with Crippen molar-refractivity contribution in [1.29, 1.82) is 0 Å². The van der Waals surface area contributed by atoms with Gasteiger partial charge in [-0.1, -0.05) is 0 Å². The molecule has 9 nitrogen and oxygen atoms in total. The SMILES string of the molecule is CCOC(=O)c1c(NC(=O)CN2CCC[C@@H]2c2cc(OC)ccc2OC)sc(C(=O)NC)c1C. The maximum absolute atomic E-state index is 13.1. The van der Waals surface area contributed by atoms with E-state index in [4.69, 9.17) is 14.2 Å². The normalized spacial score (nSPS) is 15.6. The molecule has 1 saturated heterocycles. The van der Waals surface area contributed by atoms with E-state index >= 15 is 0 Å². The summed E-state index contributed by atoms with van der Waals surface area (Å²) in [5.41, 5.74) is 1.66. The van der Waals surface area contributed by atoms with Crippen LogP contribution < -0.4 is 20.1 Å². The molecule has 1 aromatic carbocycles. The summed E-state index contributed by atoms with van der Waals surface area (Å²) in [4.78, 5) is 40.3. The molecule has 1 fully saturated rings. The molecule has 0 radical (unpaired) electrons. The quantitative estimate of drug-likeness (QED) is 0.520. The number of carbonyl (C=O) groups excluding carboxylic acids is 3. The number of carbonyl (C=O) groups is 3. The number of hydrogen-bond acceptors (Lipinski definition) is 8. The summed E-state index contributed by atoms with van der Waals surface area (Å²) in [6.45, 7) is 4.44. The number of esters is 1. The molecular formula is C24H31N3O6S. The van der Waals surface area contributed by atoms with E-state index in [1.807, 2.05) is 18.2 Å². The van der Waals surface area contributed by atoms with Crippen molar-refractivity contribution >= 4 is 34.1 Å². The second kappa shape index (κ2) is 11.3. The number of rotatable bonds is 9. The second-order valence-electron chi connectivity index (χ2n) is 7.84. The van der Waals surface area contributed by atoms with Crippen LogP contribution in [0.4, 0.5) is 5.00 Å². The molecule has 1 aliphatic heterocycles. The summed E-state index contributed by atoms with van der Waals surface area (Å²) in [6.07, 6.45) is 1.81. The fourth-order valence-corrected chi connectivity index (χ4v) is 5.36. The number of nitrogens with zero attached hydrogens (tertiary/aromatic N) is 1. The minimum absolute atomic E-state index is 0.00757. The molecule has 0 bridgehead atoms. The number of thiophene rings is 1. The van der Waals surface area contributed by atoms with Gasteiger partial charge in [-0.3, -0.25) is 14.5 Å². The molecule has 10 heteroatoms. The topological polar surface area (TPSA) is 106 Å². The molecule has 1 aromatic heterocycles. The number of ether oxygens (including phenoxy) is 3. The minimum Gasteiger partial charge on any atom is -0.497 e. The van der Waals surface area contributed by atoms with Gasteiger partial charge in [0.2, 0.25) is 5.91 Å². The Morgan fingerprint density at radius 3 is 2.62 bits per heavy atom. The van der Waals surface area contributed by atoms with Gasteiger partial charge in [-0.15, -0.1) is 11.3 Å². The third-order valence-corrected chi connectivity index (χ3v) is 7.02. The van der Waals surface area contributed by atoms with Crippen molar-refractivity contribution in [2.24, 2.45) is 0 Å². The Morgan fingerprint density at radius 2 is 1.97 bits per heavy atom. The van der Waals surface area contributed by atoms with E-state index in [1.54, 1.807) is 28.1 Å². The summed E-state index contributed by atoms with van der Waals surface area (Å²) in [6, 6.07) is 5.64. The van der Waals surface area contributed by atoms with Crippen molar-refractivity contribution in [3.8, 4) is 11.5 Å². The number of benzene rings is 1. The van der Waals surface area contributed by atoms with E-state index in [0.717, 1.165) is 47.8 Å². The van der Waals surface area contributed by atoms with Crippen LogP contribution in [0, 0.1) is 6.92 Å². The first kappa shape index (κ1) is 25.5. The number of methoxy groups -OCH3 is 2. The highest BCUT2D eigenvalue weighted by molar-refractivity contribution is 7.18. The third-order valence-electron chi connectivity index (χ3n) is 5.82. The lowest BCUT2D eigenvalue weighted by Crippen LogP contribution is -2.33. The fourth-order valence-electron chi connectivity index (χ4n) is 4.20. The first-order valence-electron chi connectivity index (χ1n) is 11.1. The van der Waals surface area contributed by atoms with E-state index < -0.39 is 5.97 Å². The molecule has 2 amide bonds. The molecule has 1 aliphatic rings. The molecule has 184 valence electrons. The molecular weight excluding hydrogens is 458 g/mol. The van der Waals surface area contributed by atoms with Crippen LogP contribution in [0.2, 0.25) is 0 Å². The van der Waals surface area contributed by atoms with Gasteiger partial charge in [0.25, 0.3) is 5.91 Å². The van der Waals surface area contributed by atoms with Gasteiger partial charge in [0.15, 0.2) is 0 Å². The Morgan fingerprint density at radius 1 is 1.21 bits per heavy atom. The summed E-state index contributed by atoms with van der Waals surface area (Å²) < 4.78 is 16.1. The van der Waals surface area contributed by atoms with Crippen LogP contribution in [0.15, 0.2) is 18.2 Å². The van der Waals surface area contributed by atoms with Crippen LogP contribution in [0.3, 0.4) is 0 Å². The Bertz CT molecular complexity index is 1070. The summed E-state index contributed by atoms with van der Waals surface area (Å²) in [7, 11) is 4.75. The highest BCUT2D eigenvalue weighted by atomic mass is 32.1. The molecule has 34 heavy (non-hydrogen) atoms. The van der Waals surface area contributed by atoms with Gasteiger partial charge >= 0.3 is 5.97 Å². The molecule has 2 heterocycles. The number of amides is 2. The Kier molecular flexibility index (Phi) is 8.51. The van der Waals surface area contributed by atoms with Crippen molar-refractivity contribution in [2.45, 2.75) is 32.7 Å². The molecule has 2 N–H and O–H groups in total. The lowest BCUT2D eigenvalue weighted by molar-refractivity contribution is -0.117. The van der Waals surface area contributed by atoms with Gasteiger partial charge < -0.3 is 24.8 Å². The van der Waals surface area contributed by atoms with Gasteiger partial charge in [0, 0.05) is 18.7 Å². The van der Waals surface area contributed by atoms with E-state index in [9.17, 15) is 14.4 Å². The largest absolute Gasteiger partial charge is 0.497 e. The summed E-state index contributed by atoms with van der Waals surface area (Å²) >= 11 is 1.07. The van der Waals surface area contributed by atoms with Crippen LogP contribution in [0.5, 0.6) is 11.5 Å². The van der Waals surface area contributed by atoms with Crippen LogP contribution >= 0.6 is 11.3 Å². The zero-order chi connectivity index (χ0) is 24.8. The highest BCUT2D eigenvalue weighted by Gasteiger charge is 2.31. The van der Waals surface area contributed by atoms with E-state index in [1.165, 1.54) is 7.05 Å². The molecule has 0 saturated carbocycles. The van der Waals surface area contributed by atoms with Crippen LogP contribution in [0.25, 0.3) is 0 Å². The lowest BCUT2D eigenvalue weighted by Gasteiger charge is -2.26. The number of likely N-dealkylation sites (tertiary alicyclic amines) is 1. The smallest absolute Gasteiger partial charge is 0.341 e. The lowest BCUT2D eigenvalue weighted by atomic mass is 10.0. The van der Waals surface area contributed by atoms with E-state index in [-0.39, 0.29) is 36.6 Å². The zero-order valence-electron chi connectivity index (χ0n) is 20.1. The van der Waals surface area contributed by atoms with Gasteiger partial charge in [0.1, 0.15) is 16.5 Å². The Labute approximate surface area is 203 Å². The average molecular weight is 490 g/mol. The summed E-state index contributed by atoms with van der Waals surface area (Å²) in [5, 5.41) is 5.72. The van der Waals surface area contributed by atoms with Gasteiger partial charge in [-0.2, -0.15) is 0 Å². The van der Waals surface area contributed by atoms with Gasteiger partial charge in [-0.25, -0.2) is 4.79 Å². The molecule has 0 aliphatic carbocycles. The number of anilines is 1. The van der Waals surface area contributed by atoms with Crippen molar-refractivity contribution in [1.82, 2.24) is 10.2 Å². The number of hydrogen-bond donors (Lipinski definition) is 2. The monoisotopic (exact) mass is 489 g/mol. The maximum atomic E-state index is 13.1. The van der Waals surface area contributed by atoms with E-state index in [2.05, 4.69) is 15.5 Å². The first-order valence-corrected chi connectivity index (χ1v) is 11.9. The van der Waals surface area contributed by atoms with Crippen LogP contribution in [-0.2, 0) is 9.53 Å². The van der Waals surface area contributed by atoms with Crippen molar-refractivity contribution in [3.63, 3.8) is 0 Å². The molecule has 2 aromatic rings. The van der Waals surface area contributed by atoms with Crippen LogP contribution in [-0.4, -0.2) is 63.6 Å². The highest BCUT2D eigenvalue weighted by Crippen LogP contribution is 2.39. The molecule has 0 unspecified atom stereocenters. The maximum Gasteiger partial charge on any atom is 0.341 e. The fraction of sp³-hybridized carbons (Fsp3) is 0.458. The predicted octanol–water partition coefficient (Wildman–Crippen LogP) is 3.39. The minimum atomic E-state index is -0.568. The van der Waals surface area contributed by atoms with E-state index in [0.29, 0.717) is 15.4 Å². The standard InChI is InChI=1S/C24H31N3O6S/c1-6-33-24(30)20-14(2)21(22(29)25-3)34-23(20)26-19(28)13-27-11-7-8-17(27)16-12-15(31-4)9-10-18(16)32-5/h9-10,12,17H,6-8,11,13H2,1-5H3,(H,25,29)(H,26,28)/t17-/m1/s1. The van der Waals surface area contributed by atoms with Crippen molar-refractivity contribution in [3.05, 3.63) is 39.8 Å². The third kappa shape index (κ3) is 5.34. The van der Waals surface area contributed by atoms with Gasteiger partial charge in [0.05, 0.1) is 37.8 Å². The first-order chi connectivity index (χ1) is 16.3. The van der Waals surface area contributed by atoms with Crippen molar-refractivity contribution < 1.29 is 28.6 Å². The number of nitrogens with one attached hydrogen (secondary N) is 2. The molecule has 0 spiro atoms. The second-order valence-corrected chi connectivity index (χ2v) is 8.87. The zero-order valence-corrected chi connectivity index (χ0v) is 21.0. The van der Waals surface area contributed by atoms with Crippen molar-refractivity contribution in [2.75, 3.05) is 46.3 Å². The Hall–Kier alpha value is -3.11.